The molecule has 0 saturated heterocycles. The van der Waals surface area contributed by atoms with Crippen molar-refractivity contribution in [2.75, 3.05) is 0 Å². The third-order valence-electron chi connectivity index (χ3n) is 2.33. The second kappa shape index (κ2) is 8.58. The maximum Gasteiger partial charge on any atom is -0.0227 e. The average Bonchev–Trinajstić information content (AvgIpc) is 2.28. The summed E-state index contributed by atoms with van der Waals surface area (Å²) in [5.74, 6) is 0. The fraction of sp³-hybridized carbons (Fsp3) is 0.294. The Kier molecular flexibility index (Phi) is 7.79. The van der Waals surface area contributed by atoms with Gasteiger partial charge in [0.2, 0.25) is 0 Å². The molecule has 0 bridgehead atoms. The zero-order chi connectivity index (χ0) is 13.3. The first-order valence-corrected chi connectivity index (χ1v) is 6.06. The minimum absolute atomic E-state index is 1.01. The Morgan fingerprint density at radius 3 is 2.24 bits per heavy atom. The van der Waals surface area contributed by atoms with Crippen molar-refractivity contribution in [2.45, 2.75) is 34.1 Å². The SMILES string of the molecule is C=C/C(C)=C\C(=C/CC)C(=C)/C=C(C)\C=C/C. The normalized spacial score (nSPS) is 14.2. The molecule has 0 aromatic carbocycles. The van der Waals surface area contributed by atoms with Gasteiger partial charge >= 0.3 is 0 Å². The third kappa shape index (κ3) is 6.57. The first kappa shape index (κ1) is 15.4. The summed E-state index contributed by atoms with van der Waals surface area (Å²) in [5.41, 5.74) is 4.59. The van der Waals surface area contributed by atoms with Gasteiger partial charge in [0, 0.05) is 0 Å². The summed E-state index contributed by atoms with van der Waals surface area (Å²) in [6, 6.07) is 0. The molecule has 0 rings (SSSR count). The van der Waals surface area contributed by atoms with E-state index in [0.29, 0.717) is 0 Å². The largest absolute Gasteiger partial charge is 0.0988 e. The molecular weight excluding hydrogens is 204 g/mol. The highest BCUT2D eigenvalue weighted by Crippen LogP contribution is 2.16. The van der Waals surface area contributed by atoms with Crippen LogP contribution in [0.4, 0.5) is 0 Å². The van der Waals surface area contributed by atoms with Crippen LogP contribution >= 0.6 is 0 Å². The molecule has 92 valence electrons. The summed E-state index contributed by atoms with van der Waals surface area (Å²) in [6.45, 7) is 16.2. The number of rotatable bonds is 6. The van der Waals surface area contributed by atoms with Crippen LogP contribution in [0.3, 0.4) is 0 Å². The highest BCUT2D eigenvalue weighted by molar-refractivity contribution is 5.48. The molecule has 0 spiro atoms. The van der Waals surface area contributed by atoms with E-state index >= 15 is 0 Å². The van der Waals surface area contributed by atoms with Gasteiger partial charge in [-0.2, -0.15) is 0 Å². The molecule has 0 aromatic heterocycles. The fourth-order valence-corrected chi connectivity index (χ4v) is 1.48. The Bertz CT molecular complexity index is 384. The first-order valence-electron chi connectivity index (χ1n) is 6.06. The Balaban J connectivity index is 5.11. The Labute approximate surface area is 106 Å². The number of hydrogen-bond acceptors (Lipinski definition) is 0. The van der Waals surface area contributed by atoms with Crippen molar-refractivity contribution < 1.29 is 0 Å². The van der Waals surface area contributed by atoms with Crippen molar-refractivity contribution in [1.29, 1.82) is 0 Å². The van der Waals surface area contributed by atoms with Crippen LogP contribution in [0.1, 0.15) is 34.1 Å². The molecule has 0 aliphatic carbocycles. The van der Waals surface area contributed by atoms with Gasteiger partial charge in [0.05, 0.1) is 0 Å². The van der Waals surface area contributed by atoms with E-state index in [9.17, 15) is 0 Å². The first-order chi connectivity index (χ1) is 8.04. The summed E-state index contributed by atoms with van der Waals surface area (Å²) in [5, 5.41) is 0. The zero-order valence-corrected chi connectivity index (χ0v) is 11.6. The molecule has 0 atom stereocenters. The number of allylic oxidation sites excluding steroid dienone is 10. The van der Waals surface area contributed by atoms with Crippen LogP contribution in [0, 0.1) is 0 Å². The van der Waals surface area contributed by atoms with E-state index in [1.165, 1.54) is 11.1 Å². The predicted octanol–water partition coefficient (Wildman–Crippen LogP) is 5.53. The van der Waals surface area contributed by atoms with Crippen LogP contribution in [0.5, 0.6) is 0 Å². The Morgan fingerprint density at radius 1 is 1.12 bits per heavy atom. The maximum absolute atomic E-state index is 4.13. The van der Waals surface area contributed by atoms with Gasteiger partial charge in [0.25, 0.3) is 0 Å². The predicted molar refractivity (Wildman–Crippen MR) is 80.0 cm³/mol. The van der Waals surface area contributed by atoms with E-state index in [4.69, 9.17) is 0 Å². The lowest BCUT2D eigenvalue weighted by Gasteiger charge is -2.04. The molecule has 0 N–H and O–H groups in total. The summed E-state index contributed by atoms with van der Waals surface area (Å²) in [7, 11) is 0. The third-order valence-corrected chi connectivity index (χ3v) is 2.33. The fourth-order valence-electron chi connectivity index (χ4n) is 1.48. The molecule has 0 fully saturated rings. The van der Waals surface area contributed by atoms with Crippen molar-refractivity contribution in [1.82, 2.24) is 0 Å². The van der Waals surface area contributed by atoms with E-state index in [-0.39, 0.29) is 0 Å². The highest BCUT2D eigenvalue weighted by Gasteiger charge is 1.97. The van der Waals surface area contributed by atoms with E-state index in [1.807, 2.05) is 26.0 Å². The molecular formula is C17H24. The van der Waals surface area contributed by atoms with Crippen LogP contribution in [0.25, 0.3) is 0 Å². The maximum atomic E-state index is 4.13. The molecule has 0 radical (unpaired) electrons. The monoisotopic (exact) mass is 228 g/mol. The van der Waals surface area contributed by atoms with Crippen molar-refractivity contribution in [3.05, 3.63) is 71.9 Å². The highest BCUT2D eigenvalue weighted by atomic mass is 14.0. The van der Waals surface area contributed by atoms with Crippen LogP contribution in [-0.2, 0) is 0 Å². The van der Waals surface area contributed by atoms with Gasteiger partial charge in [0.15, 0.2) is 0 Å². The van der Waals surface area contributed by atoms with Gasteiger partial charge in [-0.25, -0.2) is 0 Å². The number of hydrogen-bond donors (Lipinski definition) is 0. The minimum atomic E-state index is 1.01. The molecule has 0 heterocycles. The standard InChI is InChI=1S/C17H24/c1-7-10-15(5)12-16(6)17(11-8-2)13-14(4)9-3/h7,9-13H,3,6,8H2,1-2,4-5H3/b10-7-,14-13-,15-12-,17-11+. The van der Waals surface area contributed by atoms with E-state index in [2.05, 4.69) is 51.3 Å². The molecule has 0 unspecified atom stereocenters. The molecule has 0 heteroatoms. The molecule has 0 aliphatic heterocycles. The minimum Gasteiger partial charge on any atom is -0.0988 e. The molecule has 0 aliphatic rings. The van der Waals surface area contributed by atoms with Gasteiger partial charge in [-0.05, 0) is 38.3 Å². The van der Waals surface area contributed by atoms with E-state index < -0.39 is 0 Å². The molecule has 0 nitrogen and oxygen atoms in total. The second-order valence-electron chi connectivity index (χ2n) is 4.07. The van der Waals surface area contributed by atoms with Gasteiger partial charge < -0.3 is 0 Å². The summed E-state index contributed by atoms with van der Waals surface area (Å²) >= 11 is 0. The van der Waals surface area contributed by atoms with Gasteiger partial charge in [-0.3, -0.25) is 0 Å². The summed E-state index contributed by atoms with van der Waals surface area (Å²) in [6.07, 6.45) is 13.4. The zero-order valence-electron chi connectivity index (χ0n) is 11.6. The van der Waals surface area contributed by atoms with Crippen molar-refractivity contribution >= 4 is 0 Å². The van der Waals surface area contributed by atoms with Crippen LogP contribution < -0.4 is 0 Å². The lowest BCUT2D eigenvalue weighted by Crippen LogP contribution is -1.85. The summed E-state index contributed by atoms with van der Waals surface area (Å²) < 4.78 is 0. The molecule has 0 aromatic rings. The topological polar surface area (TPSA) is 0 Å². The van der Waals surface area contributed by atoms with Crippen LogP contribution in [0.2, 0.25) is 0 Å². The molecule has 0 saturated carbocycles. The van der Waals surface area contributed by atoms with Crippen molar-refractivity contribution in [2.24, 2.45) is 0 Å². The van der Waals surface area contributed by atoms with Gasteiger partial charge in [-0.15, -0.1) is 0 Å². The van der Waals surface area contributed by atoms with Crippen LogP contribution in [0.15, 0.2) is 71.9 Å². The molecule has 17 heavy (non-hydrogen) atoms. The smallest absolute Gasteiger partial charge is 0.0227 e. The summed E-state index contributed by atoms with van der Waals surface area (Å²) in [4.78, 5) is 0. The van der Waals surface area contributed by atoms with Crippen molar-refractivity contribution in [3.8, 4) is 0 Å². The van der Waals surface area contributed by atoms with Gasteiger partial charge in [-0.1, -0.05) is 67.7 Å². The molecule has 0 amide bonds. The quantitative estimate of drug-likeness (QED) is 0.524. The lowest BCUT2D eigenvalue weighted by atomic mass is 10.0. The Hall–Kier alpha value is -1.56. The van der Waals surface area contributed by atoms with E-state index in [1.54, 1.807) is 0 Å². The Morgan fingerprint density at radius 2 is 1.76 bits per heavy atom. The second-order valence-corrected chi connectivity index (χ2v) is 4.07. The average molecular weight is 228 g/mol. The van der Waals surface area contributed by atoms with Gasteiger partial charge in [0.1, 0.15) is 0 Å². The van der Waals surface area contributed by atoms with Crippen molar-refractivity contribution in [3.63, 3.8) is 0 Å². The lowest BCUT2D eigenvalue weighted by molar-refractivity contribution is 1.20. The van der Waals surface area contributed by atoms with E-state index in [0.717, 1.165) is 17.6 Å². The van der Waals surface area contributed by atoms with Crippen LogP contribution in [-0.4, -0.2) is 0 Å².